The highest BCUT2D eigenvalue weighted by Gasteiger charge is 2.14. The van der Waals surface area contributed by atoms with Crippen molar-refractivity contribution in [3.8, 4) is 5.75 Å². The number of ether oxygens (including phenoxy) is 1. The number of anilines is 1. The summed E-state index contributed by atoms with van der Waals surface area (Å²) in [5, 5.41) is 12.5. The van der Waals surface area contributed by atoms with Crippen LogP contribution < -0.4 is 10.1 Å². The van der Waals surface area contributed by atoms with Crippen LogP contribution in [0, 0.1) is 5.82 Å². The van der Waals surface area contributed by atoms with E-state index < -0.39 is 6.04 Å². The van der Waals surface area contributed by atoms with Crippen LogP contribution in [0.25, 0.3) is 0 Å². The summed E-state index contributed by atoms with van der Waals surface area (Å²) < 4.78 is 18.8. The lowest BCUT2D eigenvalue weighted by Gasteiger charge is -2.19. The normalized spacial score (nSPS) is 11.9. The first-order valence-electron chi connectivity index (χ1n) is 6.00. The summed E-state index contributed by atoms with van der Waals surface area (Å²) in [4.78, 5) is 0. The smallest absolute Gasteiger partial charge is 0.128 e. The SMILES string of the molecule is COc1cccc(NC(CO)c2ccccc2F)c1. The second-order valence-electron chi connectivity index (χ2n) is 4.13. The Bertz CT molecular complexity index is 545. The molecule has 0 aliphatic heterocycles. The minimum atomic E-state index is -0.492. The van der Waals surface area contributed by atoms with Gasteiger partial charge in [0.15, 0.2) is 0 Å². The maximum atomic E-state index is 13.7. The molecule has 0 heterocycles. The zero-order valence-electron chi connectivity index (χ0n) is 10.6. The number of halogens is 1. The third-order valence-corrected chi connectivity index (χ3v) is 2.87. The second-order valence-corrected chi connectivity index (χ2v) is 4.13. The summed E-state index contributed by atoms with van der Waals surface area (Å²) in [5.74, 6) is 0.368. The van der Waals surface area contributed by atoms with Gasteiger partial charge in [-0.05, 0) is 18.2 Å². The van der Waals surface area contributed by atoms with Gasteiger partial charge >= 0.3 is 0 Å². The van der Waals surface area contributed by atoms with Crippen LogP contribution in [0.4, 0.5) is 10.1 Å². The van der Waals surface area contributed by atoms with E-state index in [1.165, 1.54) is 6.07 Å². The van der Waals surface area contributed by atoms with Gasteiger partial charge in [0.25, 0.3) is 0 Å². The van der Waals surface area contributed by atoms with Gasteiger partial charge in [0.1, 0.15) is 11.6 Å². The Balaban J connectivity index is 2.21. The van der Waals surface area contributed by atoms with E-state index in [9.17, 15) is 9.50 Å². The molecule has 0 spiro atoms. The molecule has 19 heavy (non-hydrogen) atoms. The minimum Gasteiger partial charge on any atom is -0.497 e. The number of hydrogen-bond donors (Lipinski definition) is 2. The summed E-state index contributed by atoms with van der Waals surface area (Å²) in [6, 6.07) is 13.2. The number of benzene rings is 2. The first-order chi connectivity index (χ1) is 9.24. The first kappa shape index (κ1) is 13.4. The fourth-order valence-electron chi connectivity index (χ4n) is 1.89. The third-order valence-electron chi connectivity index (χ3n) is 2.87. The average Bonchev–Trinajstić information content (AvgIpc) is 2.46. The molecule has 2 aromatic carbocycles. The molecule has 0 radical (unpaired) electrons. The quantitative estimate of drug-likeness (QED) is 0.869. The van der Waals surface area contributed by atoms with Crippen molar-refractivity contribution in [3.05, 3.63) is 59.9 Å². The lowest BCUT2D eigenvalue weighted by Crippen LogP contribution is -2.16. The second kappa shape index (κ2) is 6.20. The number of rotatable bonds is 5. The molecule has 2 aromatic rings. The number of hydrogen-bond acceptors (Lipinski definition) is 3. The topological polar surface area (TPSA) is 41.5 Å². The lowest BCUT2D eigenvalue weighted by atomic mass is 10.1. The highest BCUT2D eigenvalue weighted by molar-refractivity contribution is 5.50. The summed E-state index contributed by atoms with van der Waals surface area (Å²) in [6.45, 7) is -0.196. The largest absolute Gasteiger partial charge is 0.497 e. The van der Waals surface area contributed by atoms with E-state index in [2.05, 4.69) is 5.32 Å². The monoisotopic (exact) mass is 261 g/mol. The van der Waals surface area contributed by atoms with Crippen LogP contribution in [0.2, 0.25) is 0 Å². The molecule has 0 bridgehead atoms. The van der Waals surface area contributed by atoms with Gasteiger partial charge in [0.2, 0.25) is 0 Å². The predicted molar refractivity (Wildman–Crippen MR) is 72.8 cm³/mol. The zero-order chi connectivity index (χ0) is 13.7. The van der Waals surface area contributed by atoms with Gasteiger partial charge in [-0.2, -0.15) is 0 Å². The van der Waals surface area contributed by atoms with Gasteiger partial charge < -0.3 is 15.2 Å². The van der Waals surface area contributed by atoms with E-state index >= 15 is 0 Å². The van der Waals surface area contributed by atoms with E-state index in [1.807, 2.05) is 18.2 Å². The Morgan fingerprint density at radius 2 is 2.00 bits per heavy atom. The number of nitrogens with one attached hydrogen (secondary N) is 1. The summed E-state index contributed by atoms with van der Waals surface area (Å²) in [5.41, 5.74) is 1.20. The van der Waals surface area contributed by atoms with Crippen LogP contribution in [0.5, 0.6) is 5.75 Å². The van der Waals surface area contributed by atoms with E-state index in [1.54, 1.807) is 31.4 Å². The van der Waals surface area contributed by atoms with E-state index in [4.69, 9.17) is 4.74 Å². The Morgan fingerprint density at radius 1 is 1.21 bits per heavy atom. The van der Waals surface area contributed by atoms with Crippen molar-refractivity contribution >= 4 is 5.69 Å². The maximum absolute atomic E-state index is 13.7. The Labute approximate surface area is 111 Å². The number of aliphatic hydroxyl groups excluding tert-OH is 1. The van der Waals surface area contributed by atoms with Crippen molar-refractivity contribution in [3.63, 3.8) is 0 Å². The van der Waals surface area contributed by atoms with Crippen LogP contribution in [-0.4, -0.2) is 18.8 Å². The van der Waals surface area contributed by atoms with E-state index in [-0.39, 0.29) is 12.4 Å². The van der Waals surface area contributed by atoms with Crippen LogP contribution in [0.3, 0.4) is 0 Å². The van der Waals surface area contributed by atoms with Gasteiger partial charge in [-0.1, -0.05) is 24.3 Å². The van der Waals surface area contributed by atoms with Gasteiger partial charge in [-0.3, -0.25) is 0 Å². The molecule has 0 saturated heterocycles. The fourth-order valence-corrected chi connectivity index (χ4v) is 1.89. The summed E-state index contributed by atoms with van der Waals surface area (Å²) in [6.07, 6.45) is 0. The Kier molecular flexibility index (Phi) is 4.36. The molecule has 1 unspecified atom stereocenters. The van der Waals surface area contributed by atoms with Crippen LogP contribution in [0.15, 0.2) is 48.5 Å². The Hall–Kier alpha value is -2.07. The van der Waals surface area contributed by atoms with Gasteiger partial charge in [0, 0.05) is 17.3 Å². The van der Waals surface area contributed by atoms with Gasteiger partial charge in [-0.25, -0.2) is 4.39 Å². The summed E-state index contributed by atoms with van der Waals surface area (Å²) >= 11 is 0. The molecule has 3 nitrogen and oxygen atoms in total. The highest BCUT2D eigenvalue weighted by Crippen LogP contribution is 2.24. The Morgan fingerprint density at radius 3 is 2.68 bits per heavy atom. The molecule has 2 N–H and O–H groups in total. The van der Waals surface area contributed by atoms with Crippen molar-refractivity contribution in [2.24, 2.45) is 0 Å². The maximum Gasteiger partial charge on any atom is 0.128 e. The lowest BCUT2D eigenvalue weighted by molar-refractivity contribution is 0.274. The molecule has 0 amide bonds. The molecule has 0 fully saturated rings. The number of methoxy groups -OCH3 is 1. The average molecular weight is 261 g/mol. The standard InChI is InChI=1S/C15H16FNO2/c1-19-12-6-4-5-11(9-12)17-15(10-18)13-7-2-3-8-14(13)16/h2-9,15,17-18H,10H2,1H3. The van der Waals surface area contributed by atoms with Crippen molar-refractivity contribution in [1.82, 2.24) is 0 Å². The van der Waals surface area contributed by atoms with Gasteiger partial charge in [-0.15, -0.1) is 0 Å². The van der Waals surface area contributed by atoms with E-state index in [0.29, 0.717) is 11.3 Å². The van der Waals surface area contributed by atoms with Crippen molar-refractivity contribution in [1.29, 1.82) is 0 Å². The third kappa shape index (κ3) is 3.23. The van der Waals surface area contributed by atoms with Crippen LogP contribution >= 0.6 is 0 Å². The molecule has 0 saturated carbocycles. The molecule has 2 rings (SSSR count). The van der Waals surface area contributed by atoms with Crippen LogP contribution in [-0.2, 0) is 0 Å². The number of aliphatic hydroxyl groups is 1. The molecule has 100 valence electrons. The highest BCUT2D eigenvalue weighted by atomic mass is 19.1. The first-order valence-corrected chi connectivity index (χ1v) is 6.00. The fraction of sp³-hybridized carbons (Fsp3) is 0.200. The molecule has 0 aliphatic carbocycles. The molecule has 0 aromatic heterocycles. The predicted octanol–water partition coefficient (Wildman–Crippen LogP) is 2.98. The van der Waals surface area contributed by atoms with Crippen LogP contribution in [0.1, 0.15) is 11.6 Å². The zero-order valence-corrected chi connectivity index (χ0v) is 10.6. The molecular formula is C15H16FNO2. The molecule has 0 aliphatic rings. The molecule has 1 atom stereocenters. The molecule has 4 heteroatoms. The van der Waals surface area contributed by atoms with Crippen molar-refractivity contribution in [2.45, 2.75) is 6.04 Å². The molecular weight excluding hydrogens is 245 g/mol. The van der Waals surface area contributed by atoms with E-state index in [0.717, 1.165) is 5.69 Å². The van der Waals surface area contributed by atoms with Gasteiger partial charge in [0.05, 0.1) is 19.8 Å². The minimum absolute atomic E-state index is 0.196. The van der Waals surface area contributed by atoms with Crippen molar-refractivity contribution in [2.75, 3.05) is 19.0 Å². The van der Waals surface area contributed by atoms with Crippen molar-refractivity contribution < 1.29 is 14.2 Å². The summed E-state index contributed by atoms with van der Waals surface area (Å²) in [7, 11) is 1.58.